The summed E-state index contributed by atoms with van der Waals surface area (Å²) in [4.78, 5) is 0. The molecule has 1 saturated carbocycles. The number of hydrogen-bond acceptors (Lipinski definition) is 1. The number of aliphatic hydroxyl groups is 1. The van der Waals surface area contributed by atoms with E-state index in [1.807, 2.05) is 0 Å². The van der Waals surface area contributed by atoms with Crippen molar-refractivity contribution in [2.75, 3.05) is 0 Å². The molecule has 1 heteroatoms. The average molecular weight is 222 g/mol. The summed E-state index contributed by atoms with van der Waals surface area (Å²) >= 11 is 0. The van der Waals surface area contributed by atoms with Crippen LogP contribution in [0.4, 0.5) is 0 Å². The third-order valence-corrected chi connectivity index (χ3v) is 4.31. The smallest absolute Gasteiger partial charge is 0.0620 e. The van der Waals surface area contributed by atoms with Crippen molar-refractivity contribution < 1.29 is 5.11 Å². The summed E-state index contributed by atoms with van der Waals surface area (Å²) in [5.74, 6) is 0.845. The fraction of sp³-hybridized carbons (Fsp3) is 0.250. The third-order valence-electron chi connectivity index (χ3n) is 4.31. The van der Waals surface area contributed by atoms with Gasteiger partial charge in [0.2, 0.25) is 0 Å². The molecular weight excluding hydrogens is 208 g/mol. The molecule has 1 nitrogen and oxygen atoms in total. The highest BCUT2D eigenvalue weighted by molar-refractivity contribution is 5.76. The van der Waals surface area contributed by atoms with Crippen molar-refractivity contribution in [2.45, 2.75) is 24.4 Å². The zero-order chi connectivity index (χ0) is 11.4. The van der Waals surface area contributed by atoms with E-state index in [4.69, 9.17) is 0 Å². The Morgan fingerprint density at radius 3 is 2.12 bits per heavy atom. The van der Waals surface area contributed by atoms with E-state index in [9.17, 15) is 5.11 Å². The van der Waals surface area contributed by atoms with E-state index in [0.717, 1.165) is 6.42 Å². The van der Waals surface area contributed by atoms with Crippen LogP contribution in [0.2, 0.25) is 0 Å². The zero-order valence-corrected chi connectivity index (χ0v) is 9.51. The Labute approximate surface area is 101 Å². The van der Waals surface area contributed by atoms with Gasteiger partial charge in [-0.1, -0.05) is 48.5 Å². The van der Waals surface area contributed by atoms with Gasteiger partial charge in [0.1, 0.15) is 0 Å². The van der Waals surface area contributed by atoms with Gasteiger partial charge in [-0.15, -0.1) is 0 Å². The van der Waals surface area contributed by atoms with Gasteiger partial charge in [0.05, 0.1) is 6.10 Å². The van der Waals surface area contributed by atoms with Crippen molar-refractivity contribution >= 4 is 0 Å². The number of fused-ring (bicyclic) bond motifs is 6. The molecule has 17 heavy (non-hydrogen) atoms. The molecule has 2 aliphatic carbocycles. The van der Waals surface area contributed by atoms with Gasteiger partial charge in [0.15, 0.2) is 0 Å². The van der Waals surface area contributed by atoms with E-state index in [0.29, 0.717) is 11.8 Å². The summed E-state index contributed by atoms with van der Waals surface area (Å²) in [7, 11) is 0. The predicted molar refractivity (Wildman–Crippen MR) is 68.0 cm³/mol. The largest absolute Gasteiger partial charge is 0.392 e. The number of aliphatic hydroxyl groups excluding tert-OH is 1. The Kier molecular flexibility index (Phi) is 1.78. The molecule has 0 unspecified atom stereocenters. The van der Waals surface area contributed by atoms with Crippen LogP contribution in [0.15, 0.2) is 48.5 Å². The van der Waals surface area contributed by atoms with Gasteiger partial charge in [-0.2, -0.15) is 0 Å². The molecule has 0 aliphatic heterocycles. The summed E-state index contributed by atoms with van der Waals surface area (Å²) < 4.78 is 0. The molecule has 1 fully saturated rings. The van der Waals surface area contributed by atoms with E-state index in [-0.39, 0.29) is 6.10 Å². The lowest BCUT2D eigenvalue weighted by Gasteiger charge is -2.47. The Bertz CT molecular complexity index is 588. The minimum Gasteiger partial charge on any atom is -0.392 e. The summed E-state index contributed by atoms with van der Waals surface area (Å²) in [6.07, 6.45) is 0.755. The van der Waals surface area contributed by atoms with Crippen LogP contribution < -0.4 is 0 Å². The maximum atomic E-state index is 10.0. The van der Waals surface area contributed by atoms with Crippen LogP contribution in [0.3, 0.4) is 0 Å². The molecule has 0 bridgehead atoms. The fourth-order valence-electron chi connectivity index (χ4n) is 3.47. The van der Waals surface area contributed by atoms with Crippen LogP contribution in [0.5, 0.6) is 0 Å². The van der Waals surface area contributed by atoms with Gasteiger partial charge in [-0.25, -0.2) is 0 Å². The average Bonchev–Trinajstić information content (AvgIpc) is 2.36. The van der Waals surface area contributed by atoms with Crippen molar-refractivity contribution in [3.8, 4) is 11.1 Å². The highest BCUT2D eigenvalue weighted by Gasteiger charge is 2.46. The van der Waals surface area contributed by atoms with Crippen LogP contribution in [0.25, 0.3) is 11.1 Å². The monoisotopic (exact) mass is 222 g/mol. The molecule has 0 heterocycles. The molecule has 0 saturated heterocycles. The van der Waals surface area contributed by atoms with E-state index < -0.39 is 0 Å². The molecule has 0 amide bonds. The van der Waals surface area contributed by atoms with Crippen molar-refractivity contribution in [3.05, 3.63) is 59.7 Å². The quantitative estimate of drug-likeness (QED) is 0.725. The SMILES string of the molecule is O[C@@H]1C[C@@H]2c3ccccc3-c3ccccc3[C@H]12. The lowest BCUT2D eigenvalue weighted by molar-refractivity contribution is 0.0436. The summed E-state index contributed by atoms with van der Waals surface area (Å²) in [6, 6.07) is 17.1. The van der Waals surface area contributed by atoms with Gasteiger partial charge < -0.3 is 5.11 Å². The second-order valence-corrected chi connectivity index (χ2v) is 5.11. The molecule has 2 aromatic carbocycles. The highest BCUT2D eigenvalue weighted by Crippen LogP contribution is 2.56. The molecule has 3 atom stereocenters. The van der Waals surface area contributed by atoms with Crippen LogP contribution in [0, 0.1) is 0 Å². The Balaban J connectivity index is 2.02. The Morgan fingerprint density at radius 1 is 0.824 bits per heavy atom. The molecule has 2 aromatic rings. The standard InChI is InChI=1S/C16H14O/c17-15-9-14-12-7-2-1-5-10(12)11-6-3-4-8-13(11)16(14)15/h1-8,14-17H,9H2/t14-,15-,16+/m1/s1. The Hall–Kier alpha value is -1.60. The number of hydrogen-bond donors (Lipinski definition) is 1. The fourth-order valence-corrected chi connectivity index (χ4v) is 3.47. The van der Waals surface area contributed by atoms with Crippen LogP contribution in [-0.4, -0.2) is 11.2 Å². The minimum absolute atomic E-state index is 0.158. The number of benzene rings is 2. The normalized spacial score (nSPS) is 28.6. The molecule has 4 rings (SSSR count). The van der Waals surface area contributed by atoms with Crippen molar-refractivity contribution in [1.29, 1.82) is 0 Å². The Morgan fingerprint density at radius 2 is 1.41 bits per heavy atom. The molecule has 0 spiro atoms. The van der Waals surface area contributed by atoms with E-state index in [1.165, 1.54) is 22.3 Å². The first-order chi connectivity index (χ1) is 8.36. The molecule has 1 N–H and O–H groups in total. The third kappa shape index (κ3) is 1.12. The van der Waals surface area contributed by atoms with Crippen molar-refractivity contribution in [1.82, 2.24) is 0 Å². The highest BCUT2D eigenvalue weighted by atomic mass is 16.3. The van der Waals surface area contributed by atoms with Crippen molar-refractivity contribution in [2.24, 2.45) is 0 Å². The van der Waals surface area contributed by atoms with Gasteiger partial charge in [-0.3, -0.25) is 0 Å². The minimum atomic E-state index is -0.158. The van der Waals surface area contributed by atoms with Gasteiger partial charge >= 0.3 is 0 Å². The molecule has 0 radical (unpaired) electrons. The maximum Gasteiger partial charge on any atom is 0.0620 e. The summed E-state index contributed by atoms with van der Waals surface area (Å²) in [5, 5.41) is 10.0. The zero-order valence-electron chi connectivity index (χ0n) is 9.51. The molecule has 2 aliphatic rings. The first-order valence-corrected chi connectivity index (χ1v) is 6.22. The molecule has 0 aromatic heterocycles. The van der Waals surface area contributed by atoms with E-state index in [1.54, 1.807) is 0 Å². The number of rotatable bonds is 0. The van der Waals surface area contributed by atoms with Gasteiger partial charge in [0.25, 0.3) is 0 Å². The molecular formula is C16H14O. The second kappa shape index (κ2) is 3.21. The van der Waals surface area contributed by atoms with Crippen molar-refractivity contribution in [3.63, 3.8) is 0 Å². The maximum absolute atomic E-state index is 10.0. The predicted octanol–water partition coefficient (Wildman–Crippen LogP) is 3.30. The van der Waals surface area contributed by atoms with Gasteiger partial charge in [-0.05, 0) is 34.6 Å². The van der Waals surface area contributed by atoms with E-state index in [2.05, 4.69) is 48.5 Å². The first-order valence-electron chi connectivity index (χ1n) is 6.22. The van der Waals surface area contributed by atoms with E-state index >= 15 is 0 Å². The van der Waals surface area contributed by atoms with Gasteiger partial charge in [0, 0.05) is 5.92 Å². The van der Waals surface area contributed by atoms with Crippen LogP contribution in [-0.2, 0) is 0 Å². The van der Waals surface area contributed by atoms with Crippen LogP contribution in [0.1, 0.15) is 29.4 Å². The summed E-state index contributed by atoms with van der Waals surface area (Å²) in [6.45, 7) is 0. The molecule has 84 valence electrons. The topological polar surface area (TPSA) is 20.2 Å². The van der Waals surface area contributed by atoms with Crippen LogP contribution >= 0.6 is 0 Å². The first kappa shape index (κ1) is 9.43. The lowest BCUT2D eigenvalue weighted by atomic mass is 9.59. The summed E-state index contributed by atoms with van der Waals surface area (Å²) in [5.41, 5.74) is 5.41. The second-order valence-electron chi connectivity index (χ2n) is 5.11. The lowest BCUT2D eigenvalue weighted by Crippen LogP contribution is -2.39.